The van der Waals surface area contributed by atoms with Gasteiger partial charge < -0.3 is 4.74 Å². The van der Waals surface area contributed by atoms with E-state index in [-0.39, 0.29) is 17.5 Å². The third-order valence-electron chi connectivity index (χ3n) is 5.45. The normalized spacial score (nSPS) is 15.5. The maximum absolute atomic E-state index is 14.5. The highest BCUT2D eigenvalue weighted by Crippen LogP contribution is 2.40. The summed E-state index contributed by atoms with van der Waals surface area (Å²) in [5, 5.41) is 0. The molecule has 4 rings (SSSR count). The molecule has 1 aliphatic rings. The van der Waals surface area contributed by atoms with E-state index in [9.17, 15) is 30.9 Å². The minimum Gasteiger partial charge on any atom is -0.473 e. The molecular weight excluding hydrogens is 455 g/mol. The molecule has 0 saturated carbocycles. The molecule has 2 aromatic carbocycles. The number of hydrogen-bond donors (Lipinski definition) is 0. The van der Waals surface area contributed by atoms with Gasteiger partial charge in [0.15, 0.2) is 11.6 Å². The number of aromatic nitrogens is 1. The van der Waals surface area contributed by atoms with Crippen molar-refractivity contribution in [3.63, 3.8) is 0 Å². The van der Waals surface area contributed by atoms with E-state index in [1.165, 1.54) is 0 Å². The van der Waals surface area contributed by atoms with Crippen molar-refractivity contribution in [2.24, 2.45) is 5.92 Å². The predicted octanol–water partition coefficient (Wildman–Crippen LogP) is 6.76. The number of halogens is 7. The zero-order valence-electron chi connectivity index (χ0n) is 17.1. The summed E-state index contributed by atoms with van der Waals surface area (Å²) >= 11 is 0. The number of fused-ring (bicyclic) bond motifs is 1. The summed E-state index contributed by atoms with van der Waals surface area (Å²) in [5.41, 5.74) is -0.934. The van der Waals surface area contributed by atoms with Crippen LogP contribution in [-0.2, 0) is 25.6 Å². The highest BCUT2D eigenvalue weighted by atomic mass is 19.4. The first-order valence-electron chi connectivity index (χ1n) is 9.85. The van der Waals surface area contributed by atoms with E-state index in [0.717, 1.165) is 30.0 Å². The van der Waals surface area contributed by atoms with Gasteiger partial charge in [0.1, 0.15) is 12.4 Å². The molecule has 3 aromatic rings. The molecule has 1 atom stereocenters. The van der Waals surface area contributed by atoms with Crippen molar-refractivity contribution in [3.8, 4) is 22.8 Å². The lowest BCUT2D eigenvalue weighted by molar-refractivity contribution is -0.137. The van der Waals surface area contributed by atoms with Gasteiger partial charge >= 0.3 is 6.18 Å². The zero-order valence-corrected chi connectivity index (χ0v) is 17.1. The highest BCUT2D eigenvalue weighted by molar-refractivity contribution is 5.70. The lowest BCUT2D eigenvalue weighted by Crippen LogP contribution is -2.11. The van der Waals surface area contributed by atoms with Gasteiger partial charge in [-0.15, -0.1) is 0 Å². The van der Waals surface area contributed by atoms with E-state index in [4.69, 9.17) is 4.74 Å². The Bertz CT molecular complexity index is 1190. The molecule has 1 unspecified atom stereocenters. The van der Waals surface area contributed by atoms with Crippen LogP contribution in [0.25, 0.3) is 11.1 Å². The zero-order chi connectivity index (χ0) is 23.9. The Morgan fingerprint density at radius 1 is 0.939 bits per heavy atom. The molecule has 0 fully saturated rings. The first-order valence-corrected chi connectivity index (χ1v) is 9.85. The number of alkyl halides is 3. The third kappa shape index (κ3) is 4.60. The summed E-state index contributed by atoms with van der Waals surface area (Å²) in [7, 11) is 0. The number of nitrogens with zero attached hydrogens (tertiary/aromatic N) is 1. The van der Waals surface area contributed by atoms with E-state index in [2.05, 4.69) is 16.8 Å². The standard InChI is InChI=1S/C23H16F7NO2/c1-11-2-12-7-21(31-9-14(12)3-11)32-10-15-4-16(17(8-18(15)24)23(27,28)29)13-5-19(25)22(33-30)20(26)6-13/h4-9,11H,2-3,10H2,1H3. The maximum atomic E-state index is 14.5. The maximum Gasteiger partial charge on any atom is 0.417 e. The fourth-order valence-electron chi connectivity index (χ4n) is 3.92. The number of rotatable bonds is 5. The number of benzene rings is 2. The van der Waals surface area contributed by atoms with Gasteiger partial charge in [0.2, 0.25) is 11.6 Å². The monoisotopic (exact) mass is 471 g/mol. The van der Waals surface area contributed by atoms with E-state index in [0.29, 0.717) is 18.1 Å². The fourth-order valence-corrected chi connectivity index (χ4v) is 3.92. The Morgan fingerprint density at radius 3 is 2.24 bits per heavy atom. The van der Waals surface area contributed by atoms with E-state index in [1.54, 1.807) is 12.3 Å². The van der Waals surface area contributed by atoms with Gasteiger partial charge in [-0.1, -0.05) is 6.92 Å². The molecule has 0 radical (unpaired) electrons. The second-order valence-corrected chi connectivity index (χ2v) is 7.93. The molecular formula is C23H16F7NO2. The van der Waals surface area contributed by atoms with Gasteiger partial charge in [-0.05, 0) is 65.3 Å². The van der Waals surface area contributed by atoms with Crippen LogP contribution >= 0.6 is 0 Å². The van der Waals surface area contributed by atoms with Crippen LogP contribution in [-0.4, -0.2) is 4.98 Å². The quantitative estimate of drug-likeness (QED) is 0.385. The van der Waals surface area contributed by atoms with Crippen LogP contribution in [0.3, 0.4) is 0 Å². The molecule has 1 aliphatic carbocycles. The average molecular weight is 471 g/mol. The van der Waals surface area contributed by atoms with Gasteiger partial charge in [0.05, 0.1) is 5.56 Å². The summed E-state index contributed by atoms with van der Waals surface area (Å²) in [6.45, 7) is 1.60. The van der Waals surface area contributed by atoms with Gasteiger partial charge in [0, 0.05) is 22.4 Å². The second-order valence-electron chi connectivity index (χ2n) is 7.93. The van der Waals surface area contributed by atoms with Crippen molar-refractivity contribution in [2.75, 3.05) is 0 Å². The Hall–Kier alpha value is -3.30. The highest BCUT2D eigenvalue weighted by Gasteiger charge is 2.35. The predicted molar refractivity (Wildman–Crippen MR) is 104 cm³/mol. The van der Waals surface area contributed by atoms with E-state index >= 15 is 0 Å². The summed E-state index contributed by atoms with van der Waals surface area (Å²) in [6.07, 6.45) is -1.69. The van der Waals surface area contributed by atoms with Crippen molar-refractivity contribution in [1.82, 2.24) is 4.98 Å². The molecule has 1 aromatic heterocycles. The molecule has 174 valence electrons. The van der Waals surface area contributed by atoms with Gasteiger partial charge in [0.25, 0.3) is 0 Å². The van der Waals surface area contributed by atoms with Crippen molar-refractivity contribution in [1.29, 1.82) is 0 Å². The molecule has 3 nitrogen and oxygen atoms in total. The molecule has 0 aliphatic heterocycles. The van der Waals surface area contributed by atoms with E-state index < -0.39 is 52.7 Å². The Kier molecular flexibility index (Phi) is 5.94. The fraction of sp³-hybridized carbons (Fsp3) is 0.261. The number of hydrogen-bond acceptors (Lipinski definition) is 3. The molecule has 10 heteroatoms. The SMILES string of the molecule is CC1Cc2cnc(OCc3cc(-c4cc(F)c(OF)c(F)c4)c(C(F)(F)F)cc3F)cc2C1. The van der Waals surface area contributed by atoms with Gasteiger partial charge in [-0.25, -0.2) is 18.2 Å². The molecule has 0 amide bonds. The molecule has 0 saturated heterocycles. The van der Waals surface area contributed by atoms with Crippen LogP contribution < -0.4 is 9.68 Å². The summed E-state index contributed by atoms with van der Waals surface area (Å²) < 4.78 is 101. The van der Waals surface area contributed by atoms with Crippen molar-refractivity contribution >= 4 is 0 Å². The van der Waals surface area contributed by atoms with Crippen LogP contribution in [0.2, 0.25) is 0 Å². The largest absolute Gasteiger partial charge is 0.473 e. The number of ether oxygens (including phenoxy) is 1. The first kappa shape index (κ1) is 22.9. The van der Waals surface area contributed by atoms with Crippen LogP contribution in [0.15, 0.2) is 36.5 Å². The van der Waals surface area contributed by atoms with Crippen LogP contribution in [0.4, 0.5) is 30.9 Å². The summed E-state index contributed by atoms with van der Waals surface area (Å²) in [5.74, 6) is -5.11. The summed E-state index contributed by atoms with van der Waals surface area (Å²) in [6, 6.07) is 3.64. The van der Waals surface area contributed by atoms with Crippen LogP contribution in [0.5, 0.6) is 11.6 Å². The van der Waals surface area contributed by atoms with Crippen molar-refractivity contribution < 1.29 is 40.5 Å². The Balaban J connectivity index is 1.70. The van der Waals surface area contributed by atoms with Crippen molar-refractivity contribution in [3.05, 3.63) is 76.2 Å². The van der Waals surface area contributed by atoms with Gasteiger partial charge in [-0.2, -0.15) is 13.2 Å². The molecule has 0 bridgehead atoms. The lowest BCUT2D eigenvalue weighted by atomic mass is 9.96. The average Bonchev–Trinajstić information content (AvgIpc) is 3.11. The molecule has 1 heterocycles. The van der Waals surface area contributed by atoms with Crippen LogP contribution in [0, 0.1) is 23.4 Å². The van der Waals surface area contributed by atoms with Crippen molar-refractivity contribution in [2.45, 2.75) is 32.5 Å². The lowest BCUT2D eigenvalue weighted by Gasteiger charge is -2.16. The van der Waals surface area contributed by atoms with Gasteiger partial charge in [-0.3, -0.25) is 4.94 Å². The molecule has 0 spiro atoms. The first-order chi connectivity index (χ1) is 15.6. The smallest absolute Gasteiger partial charge is 0.417 e. The molecule has 0 N–H and O–H groups in total. The minimum absolute atomic E-state index is 0.172. The van der Waals surface area contributed by atoms with E-state index in [1.807, 2.05) is 0 Å². The molecule has 33 heavy (non-hydrogen) atoms. The minimum atomic E-state index is -5.03. The Labute approximate surface area is 183 Å². The second kappa shape index (κ2) is 8.57. The third-order valence-corrected chi connectivity index (χ3v) is 5.45. The van der Waals surface area contributed by atoms with Crippen LogP contribution in [0.1, 0.15) is 29.2 Å². The number of pyridine rings is 1. The topological polar surface area (TPSA) is 31.4 Å². The summed E-state index contributed by atoms with van der Waals surface area (Å²) in [4.78, 5) is 7.21. The Morgan fingerprint density at radius 2 is 1.61 bits per heavy atom.